The van der Waals surface area contributed by atoms with Gasteiger partial charge in [0.05, 0.1) is 18.3 Å². The molecule has 4 heteroatoms. The Morgan fingerprint density at radius 2 is 1.93 bits per heavy atom. The molecule has 0 bridgehead atoms. The molecule has 2 aliphatic rings. The van der Waals surface area contributed by atoms with E-state index in [2.05, 4.69) is 6.92 Å². The molecule has 2 aromatic rings. The zero-order chi connectivity index (χ0) is 19.0. The molecule has 4 rings (SSSR count). The number of anilines is 1. The van der Waals surface area contributed by atoms with Gasteiger partial charge >= 0.3 is 0 Å². The molecule has 0 aromatic heterocycles. The molecule has 0 radical (unpaired) electrons. The summed E-state index contributed by atoms with van der Waals surface area (Å²) in [5, 5.41) is 0. The Labute approximate surface area is 160 Å². The van der Waals surface area contributed by atoms with Gasteiger partial charge in [-0.2, -0.15) is 0 Å². The third kappa shape index (κ3) is 3.08. The van der Waals surface area contributed by atoms with Crippen molar-refractivity contribution < 1.29 is 14.3 Å². The third-order valence-electron chi connectivity index (χ3n) is 5.53. The average molecular weight is 363 g/mol. The summed E-state index contributed by atoms with van der Waals surface area (Å²) in [6.07, 6.45) is 2.07. The van der Waals surface area contributed by atoms with Gasteiger partial charge in [-0.25, -0.2) is 0 Å². The quantitative estimate of drug-likeness (QED) is 0.814. The summed E-state index contributed by atoms with van der Waals surface area (Å²) in [6, 6.07) is 15.9. The van der Waals surface area contributed by atoms with Crippen LogP contribution in [0.1, 0.15) is 49.3 Å². The average Bonchev–Trinajstić information content (AvgIpc) is 2.85. The SMILES string of the molecule is CCC[C@@H]1CC(=O)C[C@]2(O1)C(=O)N(Cc1ccccc1)c1ccc(C)cc12. The van der Waals surface area contributed by atoms with E-state index in [1.54, 1.807) is 4.90 Å². The number of fused-ring (bicyclic) bond motifs is 2. The van der Waals surface area contributed by atoms with Crippen LogP contribution in [0.3, 0.4) is 0 Å². The molecule has 1 fully saturated rings. The Morgan fingerprint density at radius 3 is 2.67 bits per heavy atom. The summed E-state index contributed by atoms with van der Waals surface area (Å²) in [5.74, 6) is 0.00294. The topological polar surface area (TPSA) is 46.6 Å². The zero-order valence-corrected chi connectivity index (χ0v) is 15.9. The number of hydrogen-bond acceptors (Lipinski definition) is 3. The fourth-order valence-electron chi connectivity index (χ4n) is 4.31. The minimum atomic E-state index is -1.16. The first-order valence-corrected chi connectivity index (χ1v) is 9.70. The zero-order valence-electron chi connectivity index (χ0n) is 15.9. The van der Waals surface area contributed by atoms with Gasteiger partial charge in [0, 0.05) is 18.4 Å². The molecule has 0 aliphatic carbocycles. The van der Waals surface area contributed by atoms with Crippen molar-refractivity contribution in [3.8, 4) is 0 Å². The smallest absolute Gasteiger partial charge is 0.264 e. The first kappa shape index (κ1) is 17.9. The molecule has 2 aliphatic heterocycles. The largest absolute Gasteiger partial charge is 0.356 e. The first-order chi connectivity index (χ1) is 13.0. The standard InChI is InChI=1S/C23H25NO3/c1-3-7-19-13-18(25)14-23(27-19)20-12-16(2)10-11-21(20)24(22(23)26)15-17-8-5-4-6-9-17/h4-6,8-12,19H,3,7,13-15H2,1-2H3/t19-,23-/m1/s1. The molecule has 1 amide bonds. The highest BCUT2D eigenvalue weighted by Gasteiger charge is 2.56. The number of ether oxygens (including phenoxy) is 1. The maximum absolute atomic E-state index is 13.6. The molecule has 2 atom stereocenters. The number of ketones is 1. The van der Waals surface area contributed by atoms with Gasteiger partial charge in [0.15, 0.2) is 5.60 Å². The van der Waals surface area contributed by atoms with Crippen LogP contribution >= 0.6 is 0 Å². The molecule has 4 nitrogen and oxygen atoms in total. The van der Waals surface area contributed by atoms with E-state index in [-0.39, 0.29) is 24.2 Å². The van der Waals surface area contributed by atoms with Gasteiger partial charge in [0.25, 0.3) is 5.91 Å². The van der Waals surface area contributed by atoms with Crippen molar-refractivity contribution in [2.75, 3.05) is 4.90 Å². The highest BCUT2D eigenvalue weighted by atomic mass is 16.5. The van der Waals surface area contributed by atoms with Crippen LogP contribution in [0.5, 0.6) is 0 Å². The number of amides is 1. The fourth-order valence-corrected chi connectivity index (χ4v) is 4.31. The normalized spacial score (nSPS) is 24.5. The number of hydrogen-bond donors (Lipinski definition) is 0. The van der Waals surface area contributed by atoms with E-state index in [9.17, 15) is 9.59 Å². The lowest BCUT2D eigenvalue weighted by Crippen LogP contribution is -2.49. The van der Waals surface area contributed by atoms with Gasteiger partial charge in [0.2, 0.25) is 0 Å². The van der Waals surface area contributed by atoms with Crippen LogP contribution in [0.2, 0.25) is 0 Å². The predicted molar refractivity (Wildman–Crippen MR) is 105 cm³/mol. The number of aryl methyl sites for hydroxylation is 1. The number of carbonyl (C=O) groups excluding carboxylic acids is 2. The number of nitrogens with zero attached hydrogens (tertiary/aromatic N) is 1. The van der Waals surface area contributed by atoms with E-state index in [1.165, 1.54) is 0 Å². The highest BCUT2D eigenvalue weighted by molar-refractivity contribution is 6.09. The molecule has 0 N–H and O–H groups in total. The van der Waals surface area contributed by atoms with Crippen LogP contribution in [-0.2, 0) is 26.5 Å². The second-order valence-corrected chi connectivity index (χ2v) is 7.67. The van der Waals surface area contributed by atoms with Gasteiger partial charge in [-0.05, 0) is 25.0 Å². The second-order valence-electron chi connectivity index (χ2n) is 7.67. The lowest BCUT2D eigenvalue weighted by Gasteiger charge is -2.37. The maximum atomic E-state index is 13.6. The van der Waals surface area contributed by atoms with Crippen LogP contribution in [0, 0.1) is 6.92 Å². The van der Waals surface area contributed by atoms with E-state index in [0.717, 1.165) is 35.2 Å². The molecular formula is C23H25NO3. The minimum absolute atomic E-state index is 0.110. The van der Waals surface area contributed by atoms with Gasteiger partial charge in [-0.15, -0.1) is 0 Å². The number of rotatable bonds is 4. The number of carbonyl (C=O) groups is 2. The first-order valence-electron chi connectivity index (χ1n) is 9.70. The summed E-state index contributed by atoms with van der Waals surface area (Å²) in [5.41, 5.74) is 2.67. The van der Waals surface area contributed by atoms with Crippen molar-refractivity contribution in [3.63, 3.8) is 0 Å². The van der Waals surface area contributed by atoms with Crippen LogP contribution in [0.15, 0.2) is 48.5 Å². The monoisotopic (exact) mass is 363 g/mol. The Morgan fingerprint density at radius 1 is 1.15 bits per heavy atom. The van der Waals surface area contributed by atoms with Crippen LogP contribution in [0.4, 0.5) is 5.69 Å². The van der Waals surface area contributed by atoms with E-state index in [4.69, 9.17) is 4.74 Å². The maximum Gasteiger partial charge on any atom is 0.264 e. The van der Waals surface area contributed by atoms with Crippen LogP contribution in [0.25, 0.3) is 0 Å². The predicted octanol–water partition coefficient (Wildman–Crippen LogP) is 4.29. The third-order valence-corrected chi connectivity index (χ3v) is 5.53. The lowest BCUT2D eigenvalue weighted by atomic mass is 9.84. The second kappa shape index (κ2) is 6.93. The summed E-state index contributed by atoms with van der Waals surface area (Å²) in [4.78, 5) is 27.9. The van der Waals surface area contributed by atoms with E-state index in [0.29, 0.717) is 13.0 Å². The molecule has 0 unspecified atom stereocenters. The Balaban J connectivity index is 1.78. The van der Waals surface area contributed by atoms with Crippen LogP contribution < -0.4 is 4.90 Å². The minimum Gasteiger partial charge on any atom is -0.356 e. The van der Waals surface area contributed by atoms with Crippen LogP contribution in [-0.4, -0.2) is 17.8 Å². The summed E-state index contributed by atoms with van der Waals surface area (Å²) < 4.78 is 6.40. The van der Waals surface area contributed by atoms with Crippen molar-refractivity contribution in [1.82, 2.24) is 0 Å². The highest BCUT2D eigenvalue weighted by Crippen LogP contribution is 2.49. The van der Waals surface area contributed by atoms with E-state index < -0.39 is 5.60 Å². The molecule has 2 heterocycles. The van der Waals surface area contributed by atoms with Gasteiger partial charge in [0.1, 0.15) is 5.78 Å². The molecular weight excluding hydrogens is 338 g/mol. The molecule has 140 valence electrons. The van der Waals surface area contributed by atoms with Gasteiger partial charge in [-0.1, -0.05) is 61.4 Å². The Kier molecular flexibility index (Phi) is 4.60. The van der Waals surface area contributed by atoms with E-state index >= 15 is 0 Å². The Bertz CT molecular complexity index is 876. The van der Waals surface area contributed by atoms with Crippen molar-refractivity contribution in [2.24, 2.45) is 0 Å². The lowest BCUT2D eigenvalue weighted by molar-refractivity contribution is -0.171. The van der Waals surface area contributed by atoms with Crippen molar-refractivity contribution in [1.29, 1.82) is 0 Å². The number of benzene rings is 2. The van der Waals surface area contributed by atoms with Crippen molar-refractivity contribution in [2.45, 2.75) is 57.8 Å². The van der Waals surface area contributed by atoms with Gasteiger partial charge < -0.3 is 9.64 Å². The molecule has 27 heavy (non-hydrogen) atoms. The van der Waals surface area contributed by atoms with Crippen molar-refractivity contribution >= 4 is 17.4 Å². The summed E-state index contributed by atoms with van der Waals surface area (Å²) in [7, 11) is 0. The summed E-state index contributed by atoms with van der Waals surface area (Å²) in [6.45, 7) is 4.56. The molecule has 0 saturated carbocycles. The van der Waals surface area contributed by atoms with Crippen molar-refractivity contribution in [3.05, 3.63) is 65.2 Å². The molecule has 2 aromatic carbocycles. The summed E-state index contributed by atoms with van der Waals surface area (Å²) >= 11 is 0. The molecule has 1 saturated heterocycles. The van der Waals surface area contributed by atoms with E-state index in [1.807, 2.05) is 55.5 Å². The number of Topliss-reactive ketones (excluding diaryl/α,β-unsaturated/α-hetero) is 1. The fraction of sp³-hybridized carbons (Fsp3) is 0.391. The van der Waals surface area contributed by atoms with Gasteiger partial charge in [-0.3, -0.25) is 9.59 Å². The molecule has 1 spiro atoms. The Hall–Kier alpha value is -2.46.